The predicted octanol–water partition coefficient (Wildman–Crippen LogP) is 1.10. The average molecular weight is 219 g/mol. The van der Waals surface area contributed by atoms with Gasteiger partial charge in [-0.05, 0) is 6.92 Å². The number of aryl methyl sites for hydroxylation is 1. The zero-order valence-electron chi connectivity index (χ0n) is 8.19. The van der Waals surface area contributed by atoms with Crippen LogP contribution in [0.5, 0.6) is 0 Å². The molecule has 0 atom stereocenters. The molecule has 1 aromatic rings. The first kappa shape index (κ1) is 11.2. The van der Waals surface area contributed by atoms with Gasteiger partial charge in [-0.3, -0.25) is 4.18 Å². The highest BCUT2D eigenvalue weighted by molar-refractivity contribution is 7.85. The van der Waals surface area contributed by atoms with Gasteiger partial charge in [0, 0.05) is 12.5 Å². The van der Waals surface area contributed by atoms with Crippen molar-refractivity contribution in [2.45, 2.75) is 26.0 Å². The van der Waals surface area contributed by atoms with E-state index >= 15 is 0 Å². The van der Waals surface area contributed by atoms with E-state index in [9.17, 15) is 8.42 Å². The summed E-state index contributed by atoms with van der Waals surface area (Å²) >= 11 is 0. The smallest absolute Gasteiger partial charge is 0.273 e. The molecule has 0 saturated heterocycles. The van der Waals surface area contributed by atoms with Gasteiger partial charge in [0.15, 0.2) is 0 Å². The molecule has 0 aliphatic carbocycles. The second-order valence-electron chi connectivity index (χ2n) is 2.75. The number of nitrogens with zero attached hydrogens (tertiary/aromatic N) is 1. The van der Waals surface area contributed by atoms with Gasteiger partial charge in [0.2, 0.25) is 0 Å². The molecule has 0 aliphatic heterocycles. The van der Waals surface area contributed by atoms with Crippen molar-refractivity contribution in [3.05, 3.63) is 17.5 Å². The summed E-state index contributed by atoms with van der Waals surface area (Å²) in [5.41, 5.74) is 0.385. The van der Waals surface area contributed by atoms with Crippen LogP contribution in [0.1, 0.15) is 25.3 Å². The minimum absolute atomic E-state index is 0.140. The van der Waals surface area contributed by atoms with Gasteiger partial charge in [-0.15, -0.1) is 0 Å². The molecule has 0 radical (unpaired) electrons. The van der Waals surface area contributed by atoms with Crippen molar-refractivity contribution in [1.82, 2.24) is 5.16 Å². The van der Waals surface area contributed by atoms with Crippen molar-refractivity contribution in [3.63, 3.8) is 0 Å². The summed E-state index contributed by atoms with van der Waals surface area (Å²) in [6.45, 7) is 3.67. The van der Waals surface area contributed by atoms with E-state index in [2.05, 4.69) is 9.34 Å². The van der Waals surface area contributed by atoms with Gasteiger partial charge in [-0.25, -0.2) is 0 Å². The largest absolute Gasteiger partial charge is 0.361 e. The second kappa shape index (κ2) is 4.56. The third-order valence-corrected chi connectivity index (χ3v) is 2.82. The van der Waals surface area contributed by atoms with Crippen LogP contribution >= 0.6 is 0 Å². The Kier molecular flexibility index (Phi) is 3.65. The molecule has 80 valence electrons. The quantitative estimate of drug-likeness (QED) is 0.694. The Labute approximate surface area is 83.2 Å². The minimum Gasteiger partial charge on any atom is -0.361 e. The molecule has 0 unspecified atom stereocenters. The zero-order chi connectivity index (χ0) is 10.6. The Morgan fingerprint density at radius 1 is 1.50 bits per heavy atom. The van der Waals surface area contributed by atoms with Crippen LogP contribution in [-0.4, -0.2) is 20.2 Å². The summed E-state index contributed by atoms with van der Waals surface area (Å²) in [4.78, 5) is 0. The summed E-state index contributed by atoms with van der Waals surface area (Å²) in [7, 11) is -3.50. The van der Waals surface area contributed by atoms with Crippen molar-refractivity contribution >= 4 is 10.1 Å². The third kappa shape index (κ3) is 3.12. The van der Waals surface area contributed by atoms with Gasteiger partial charge < -0.3 is 4.52 Å². The first-order chi connectivity index (χ1) is 6.57. The van der Waals surface area contributed by atoms with Gasteiger partial charge in [0.05, 0.1) is 6.61 Å². The third-order valence-electron chi connectivity index (χ3n) is 1.58. The van der Waals surface area contributed by atoms with E-state index in [0.717, 1.165) is 0 Å². The molecule has 1 aromatic heterocycles. The molecule has 0 aromatic carbocycles. The van der Waals surface area contributed by atoms with Crippen LogP contribution in [-0.2, 0) is 26.5 Å². The fraction of sp³-hybridized carbons (Fsp3) is 0.625. The van der Waals surface area contributed by atoms with Crippen LogP contribution in [0.25, 0.3) is 0 Å². The Morgan fingerprint density at radius 3 is 2.71 bits per heavy atom. The molecule has 1 heterocycles. The number of hydrogen-bond donors (Lipinski definition) is 0. The zero-order valence-corrected chi connectivity index (χ0v) is 9.00. The SMILES string of the molecule is CCOS(=O)(=O)Cc1cc(CC)on1. The maximum Gasteiger partial charge on any atom is 0.273 e. The van der Waals surface area contributed by atoms with Gasteiger partial charge in [-0.1, -0.05) is 12.1 Å². The fourth-order valence-corrected chi connectivity index (χ4v) is 1.93. The lowest BCUT2D eigenvalue weighted by Gasteiger charge is -1.98. The first-order valence-corrected chi connectivity index (χ1v) is 5.96. The highest BCUT2D eigenvalue weighted by Gasteiger charge is 2.14. The van der Waals surface area contributed by atoms with E-state index in [4.69, 9.17) is 4.52 Å². The van der Waals surface area contributed by atoms with Crippen molar-refractivity contribution in [1.29, 1.82) is 0 Å². The average Bonchev–Trinajstić information content (AvgIpc) is 2.51. The first-order valence-electron chi connectivity index (χ1n) is 4.39. The van der Waals surface area contributed by atoms with Crippen LogP contribution in [0.15, 0.2) is 10.6 Å². The lowest BCUT2D eigenvalue weighted by molar-refractivity contribution is 0.335. The van der Waals surface area contributed by atoms with E-state index in [0.29, 0.717) is 17.9 Å². The molecule has 1 rings (SSSR count). The lowest BCUT2D eigenvalue weighted by atomic mass is 10.3. The molecule has 0 aliphatic rings. The Morgan fingerprint density at radius 2 is 2.21 bits per heavy atom. The molecule has 14 heavy (non-hydrogen) atoms. The summed E-state index contributed by atoms with van der Waals surface area (Å²) in [6.07, 6.45) is 0.696. The summed E-state index contributed by atoms with van der Waals surface area (Å²) in [5, 5.41) is 3.62. The van der Waals surface area contributed by atoms with Gasteiger partial charge in [-0.2, -0.15) is 8.42 Å². The highest BCUT2D eigenvalue weighted by atomic mass is 32.2. The number of aromatic nitrogens is 1. The maximum absolute atomic E-state index is 11.2. The fourth-order valence-electron chi connectivity index (χ4n) is 0.993. The monoisotopic (exact) mass is 219 g/mol. The van der Waals surface area contributed by atoms with Crippen LogP contribution in [0, 0.1) is 0 Å². The van der Waals surface area contributed by atoms with Crippen LogP contribution in [0.2, 0.25) is 0 Å². The van der Waals surface area contributed by atoms with Crippen LogP contribution < -0.4 is 0 Å². The van der Waals surface area contributed by atoms with Gasteiger partial charge in [0.25, 0.3) is 10.1 Å². The molecule has 0 spiro atoms. The topological polar surface area (TPSA) is 69.4 Å². The molecular weight excluding hydrogens is 206 g/mol. The molecule has 0 saturated carbocycles. The van der Waals surface area contributed by atoms with E-state index < -0.39 is 10.1 Å². The Bertz CT molecular complexity index is 382. The molecule has 0 fully saturated rings. The highest BCUT2D eigenvalue weighted by Crippen LogP contribution is 2.09. The van der Waals surface area contributed by atoms with Gasteiger partial charge in [0.1, 0.15) is 17.2 Å². The molecule has 5 nitrogen and oxygen atoms in total. The molecule has 0 bridgehead atoms. The molecule has 0 N–H and O–H groups in total. The van der Waals surface area contributed by atoms with E-state index in [1.54, 1.807) is 13.0 Å². The van der Waals surface area contributed by atoms with E-state index in [1.165, 1.54) is 0 Å². The number of rotatable bonds is 5. The summed E-state index contributed by atoms with van der Waals surface area (Å²) in [5.74, 6) is 0.441. The Balaban J connectivity index is 2.69. The number of hydrogen-bond acceptors (Lipinski definition) is 5. The lowest BCUT2D eigenvalue weighted by Crippen LogP contribution is -2.08. The minimum atomic E-state index is -3.50. The van der Waals surface area contributed by atoms with Gasteiger partial charge >= 0.3 is 0 Å². The Hall–Kier alpha value is -0.880. The van der Waals surface area contributed by atoms with Crippen molar-refractivity contribution in [3.8, 4) is 0 Å². The molecule has 6 heteroatoms. The van der Waals surface area contributed by atoms with Crippen molar-refractivity contribution in [2.24, 2.45) is 0 Å². The van der Waals surface area contributed by atoms with Crippen LogP contribution in [0.4, 0.5) is 0 Å². The standard InChI is InChI=1S/C8H13NO4S/c1-3-8-5-7(9-13-8)6-14(10,11)12-4-2/h5H,3-4,6H2,1-2H3. The molecule has 0 amide bonds. The van der Waals surface area contributed by atoms with Crippen LogP contribution in [0.3, 0.4) is 0 Å². The summed E-state index contributed by atoms with van der Waals surface area (Å²) < 4.78 is 31.8. The van der Waals surface area contributed by atoms with Crippen molar-refractivity contribution in [2.75, 3.05) is 6.61 Å². The molecular formula is C8H13NO4S. The van der Waals surface area contributed by atoms with E-state index in [1.807, 2.05) is 6.92 Å². The normalized spacial score (nSPS) is 11.9. The predicted molar refractivity (Wildman–Crippen MR) is 50.1 cm³/mol. The second-order valence-corrected chi connectivity index (χ2v) is 4.39. The summed E-state index contributed by atoms with van der Waals surface area (Å²) in [6, 6.07) is 1.62. The van der Waals surface area contributed by atoms with E-state index in [-0.39, 0.29) is 12.4 Å². The van der Waals surface area contributed by atoms with Crippen molar-refractivity contribution < 1.29 is 17.1 Å². The maximum atomic E-state index is 11.2.